The molecule has 0 saturated heterocycles. The summed E-state index contributed by atoms with van der Waals surface area (Å²) in [5.41, 5.74) is 2.45. The largest absolute Gasteiger partial charge is 0.497 e. The molecule has 1 aromatic carbocycles. The SMILES string of the molecule is COc1cccc(-c2cc(COC(=O)c3cc(C)nc(Cl)c3)on2)c1. The van der Waals surface area contributed by atoms with Crippen molar-refractivity contribution in [3.63, 3.8) is 0 Å². The highest BCUT2D eigenvalue weighted by Crippen LogP contribution is 2.24. The molecule has 7 heteroatoms. The van der Waals surface area contributed by atoms with Crippen LogP contribution >= 0.6 is 11.6 Å². The summed E-state index contributed by atoms with van der Waals surface area (Å²) in [5, 5.41) is 4.23. The van der Waals surface area contributed by atoms with E-state index in [2.05, 4.69) is 10.1 Å². The number of rotatable bonds is 5. The van der Waals surface area contributed by atoms with E-state index >= 15 is 0 Å². The van der Waals surface area contributed by atoms with Gasteiger partial charge in [-0.1, -0.05) is 28.9 Å². The van der Waals surface area contributed by atoms with Gasteiger partial charge in [0.1, 0.15) is 16.6 Å². The van der Waals surface area contributed by atoms with Crippen LogP contribution in [0.3, 0.4) is 0 Å². The lowest BCUT2D eigenvalue weighted by Gasteiger charge is -2.03. The average Bonchev–Trinajstić information content (AvgIpc) is 3.08. The second-order valence-electron chi connectivity index (χ2n) is 5.31. The summed E-state index contributed by atoms with van der Waals surface area (Å²) in [4.78, 5) is 16.1. The Balaban J connectivity index is 1.68. The molecule has 3 aromatic rings. The third-order valence-corrected chi connectivity index (χ3v) is 3.62. The second-order valence-corrected chi connectivity index (χ2v) is 5.69. The van der Waals surface area contributed by atoms with Crippen molar-refractivity contribution in [2.24, 2.45) is 0 Å². The number of aromatic nitrogens is 2. The van der Waals surface area contributed by atoms with Crippen molar-refractivity contribution in [2.45, 2.75) is 13.5 Å². The van der Waals surface area contributed by atoms with Crippen molar-refractivity contribution in [3.05, 3.63) is 64.6 Å². The quantitative estimate of drug-likeness (QED) is 0.505. The number of hydrogen-bond donors (Lipinski definition) is 0. The van der Waals surface area contributed by atoms with E-state index in [-0.39, 0.29) is 11.8 Å². The van der Waals surface area contributed by atoms with Crippen LogP contribution in [0.15, 0.2) is 47.0 Å². The van der Waals surface area contributed by atoms with Gasteiger partial charge in [0.05, 0.1) is 12.7 Å². The van der Waals surface area contributed by atoms with Crippen LogP contribution in [0, 0.1) is 6.92 Å². The molecule has 0 aliphatic carbocycles. The third-order valence-electron chi connectivity index (χ3n) is 3.43. The van der Waals surface area contributed by atoms with E-state index in [1.807, 2.05) is 24.3 Å². The van der Waals surface area contributed by atoms with Crippen LogP contribution in [-0.2, 0) is 11.3 Å². The lowest BCUT2D eigenvalue weighted by atomic mass is 10.1. The van der Waals surface area contributed by atoms with Crippen LogP contribution < -0.4 is 4.74 Å². The molecule has 0 spiro atoms. The summed E-state index contributed by atoms with van der Waals surface area (Å²) >= 11 is 5.85. The molecule has 0 radical (unpaired) electrons. The maximum absolute atomic E-state index is 12.1. The lowest BCUT2D eigenvalue weighted by molar-refractivity contribution is 0.0437. The zero-order valence-corrected chi connectivity index (χ0v) is 14.4. The van der Waals surface area contributed by atoms with E-state index in [4.69, 9.17) is 25.6 Å². The van der Waals surface area contributed by atoms with Gasteiger partial charge in [0.25, 0.3) is 0 Å². The summed E-state index contributed by atoms with van der Waals surface area (Å²) in [6.07, 6.45) is 0. The van der Waals surface area contributed by atoms with Gasteiger partial charge in [0.2, 0.25) is 0 Å². The fourth-order valence-corrected chi connectivity index (χ4v) is 2.52. The van der Waals surface area contributed by atoms with Crippen molar-refractivity contribution in [2.75, 3.05) is 7.11 Å². The van der Waals surface area contributed by atoms with E-state index in [0.717, 1.165) is 11.3 Å². The summed E-state index contributed by atoms with van der Waals surface area (Å²) in [7, 11) is 1.60. The number of carbonyl (C=O) groups is 1. The lowest BCUT2D eigenvalue weighted by Crippen LogP contribution is -2.05. The van der Waals surface area contributed by atoms with Gasteiger partial charge < -0.3 is 14.0 Å². The molecule has 0 N–H and O–H groups in total. The van der Waals surface area contributed by atoms with Gasteiger partial charge in [-0.2, -0.15) is 0 Å². The number of hydrogen-bond acceptors (Lipinski definition) is 6. The van der Waals surface area contributed by atoms with Crippen LogP contribution in [0.2, 0.25) is 5.15 Å². The van der Waals surface area contributed by atoms with Crippen molar-refractivity contribution in [1.82, 2.24) is 10.1 Å². The molecule has 0 bridgehead atoms. The normalized spacial score (nSPS) is 10.5. The Hall–Kier alpha value is -2.86. The highest BCUT2D eigenvalue weighted by Gasteiger charge is 2.13. The standard InChI is InChI=1S/C18H15ClN2O4/c1-11-6-13(8-17(19)20-11)18(22)24-10-15-9-16(21-25-15)12-4-3-5-14(7-12)23-2/h3-9H,10H2,1-2H3. The molecule has 0 unspecified atom stereocenters. The maximum atomic E-state index is 12.1. The zero-order valence-electron chi connectivity index (χ0n) is 13.7. The zero-order chi connectivity index (χ0) is 17.8. The monoisotopic (exact) mass is 358 g/mol. The molecule has 2 heterocycles. The predicted octanol–water partition coefficient (Wildman–Crippen LogP) is 4.06. The first-order chi connectivity index (χ1) is 12.0. The molecule has 0 saturated carbocycles. The smallest absolute Gasteiger partial charge is 0.338 e. The van der Waals surface area contributed by atoms with Gasteiger partial charge >= 0.3 is 5.97 Å². The second kappa shape index (κ2) is 7.36. The van der Waals surface area contributed by atoms with E-state index in [1.165, 1.54) is 6.07 Å². The summed E-state index contributed by atoms with van der Waals surface area (Å²) in [6, 6.07) is 12.2. The van der Waals surface area contributed by atoms with Gasteiger partial charge in [-0.05, 0) is 31.2 Å². The van der Waals surface area contributed by atoms with Crippen LogP contribution in [-0.4, -0.2) is 23.2 Å². The van der Waals surface area contributed by atoms with Crippen LogP contribution in [0.25, 0.3) is 11.3 Å². The Kier molecular flexibility index (Phi) is 5.00. The number of benzene rings is 1. The number of nitrogens with zero attached hydrogens (tertiary/aromatic N) is 2. The van der Waals surface area contributed by atoms with Crippen molar-refractivity contribution < 1.29 is 18.8 Å². The number of esters is 1. The average molecular weight is 359 g/mol. The van der Waals surface area contributed by atoms with Crippen molar-refractivity contribution >= 4 is 17.6 Å². The molecule has 128 valence electrons. The van der Waals surface area contributed by atoms with Crippen LogP contribution in [0.5, 0.6) is 5.75 Å². The van der Waals surface area contributed by atoms with Crippen LogP contribution in [0.4, 0.5) is 0 Å². The van der Waals surface area contributed by atoms with Crippen molar-refractivity contribution in [1.29, 1.82) is 0 Å². The molecular weight excluding hydrogens is 344 g/mol. The summed E-state index contributed by atoms with van der Waals surface area (Å²) in [6.45, 7) is 1.72. The molecule has 25 heavy (non-hydrogen) atoms. The summed E-state index contributed by atoms with van der Waals surface area (Å²) < 4.78 is 15.6. The van der Waals surface area contributed by atoms with Crippen molar-refractivity contribution in [3.8, 4) is 17.0 Å². The Morgan fingerprint density at radius 3 is 2.84 bits per heavy atom. The minimum absolute atomic E-state index is 0.0329. The Morgan fingerprint density at radius 2 is 2.08 bits per heavy atom. The maximum Gasteiger partial charge on any atom is 0.338 e. The molecular formula is C18H15ClN2O4. The third kappa shape index (κ3) is 4.16. The molecule has 0 aliphatic rings. The molecule has 0 atom stereocenters. The minimum atomic E-state index is -0.508. The Bertz CT molecular complexity index is 887. The molecule has 6 nitrogen and oxygen atoms in total. The fourth-order valence-electron chi connectivity index (χ4n) is 2.27. The highest BCUT2D eigenvalue weighted by molar-refractivity contribution is 6.29. The van der Waals surface area contributed by atoms with Gasteiger partial charge in [0.15, 0.2) is 12.4 Å². The Morgan fingerprint density at radius 1 is 1.24 bits per heavy atom. The van der Waals surface area contributed by atoms with Gasteiger partial charge in [0, 0.05) is 17.3 Å². The van der Waals surface area contributed by atoms with Crippen LogP contribution in [0.1, 0.15) is 21.8 Å². The van der Waals surface area contributed by atoms with E-state index in [0.29, 0.717) is 22.7 Å². The number of ether oxygens (including phenoxy) is 2. The molecule has 2 aromatic heterocycles. The van der Waals surface area contributed by atoms with E-state index < -0.39 is 5.97 Å². The highest BCUT2D eigenvalue weighted by atomic mass is 35.5. The number of halogens is 1. The Labute approximate surface area is 149 Å². The number of aryl methyl sites for hydroxylation is 1. The molecule has 0 amide bonds. The predicted molar refractivity (Wildman–Crippen MR) is 91.6 cm³/mol. The number of pyridine rings is 1. The first-order valence-electron chi connectivity index (χ1n) is 7.46. The van der Waals surface area contributed by atoms with E-state index in [1.54, 1.807) is 26.2 Å². The fraction of sp³-hybridized carbons (Fsp3) is 0.167. The minimum Gasteiger partial charge on any atom is -0.497 e. The molecule has 0 aliphatic heterocycles. The van der Waals surface area contributed by atoms with Gasteiger partial charge in [-0.25, -0.2) is 9.78 Å². The molecule has 3 rings (SSSR count). The number of carbonyl (C=O) groups excluding carboxylic acids is 1. The molecule has 0 fully saturated rings. The summed E-state index contributed by atoms with van der Waals surface area (Å²) in [5.74, 6) is 0.646. The van der Waals surface area contributed by atoms with E-state index in [9.17, 15) is 4.79 Å². The first-order valence-corrected chi connectivity index (χ1v) is 7.84. The topological polar surface area (TPSA) is 74.5 Å². The first kappa shape index (κ1) is 17.0. The number of methoxy groups -OCH3 is 1. The van der Waals surface area contributed by atoms with Gasteiger partial charge in [-0.3, -0.25) is 0 Å². The van der Waals surface area contributed by atoms with Gasteiger partial charge in [-0.15, -0.1) is 0 Å².